The number of aryl methyl sites for hydroxylation is 1. The van der Waals surface area contributed by atoms with Crippen LogP contribution in [0.25, 0.3) is 0 Å². The largest absolute Gasteiger partial charge is 0.481 e. The van der Waals surface area contributed by atoms with Gasteiger partial charge in [-0.25, -0.2) is 0 Å². The van der Waals surface area contributed by atoms with Gasteiger partial charge < -0.3 is 10.4 Å². The van der Waals surface area contributed by atoms with Crippen molar-refractivity contribution in [3.05, 3.63) is 35.9 Å². The summed E-state index contributed by atoms with van der Waals surface area (Å²) in [7, 11) is 0. The Kier molecular flexibility index (Phi) is 6.03. The normalized spacial score (nSPS) is 13.2. The minimum absolute atomic E-state index is 0.0216. The Morgan fingerprint density at radius 2 is 1.95 bits per heavy atom. The van der Waals surface area contributed by atoms with Gasteiger partial charge in [0.25, 0.3) is 0 Å². The third kappa shape index (κ3) is 6.97. The molecule has 3 heteroatoms. The van der Waals surface area contributed by atoms with Crippen LogP contribution in [0.3, 0.4) is 0 Å². The number of carboxylic acid groups (broad SMARTS) is 1. The van der Waals surface area contributed by atoms with Crippen LogP contribution in [-0.4, -0.2) is 22.7 Å². The first kappa shape index (κ1) is 15.7. The topological polar surface area (TPSA) is 49.3 Å². The Morgan fingerprint density at radius 3 is 2.53 bits per heavy atom. The van der Waals surface area contributed by atoms with E-state index in [4.69, 9.17) is 5.11 Å². The monoisotopic (exact) mass is 263 g/mol. The van der Waals surface area contributed by atoms with Crippen LogP contribution in [-0.2, 0) is 11.2 Å². The van der Waals surface area contributed by atoms with Gasteiger partial charge >= 0.3 is 5.97 Å². The molecule has 0 fully saturated rings. The zero-order valence-electron chi connectivity index (χ0n) is 12.1. The van der Waals surface area contributed by atoms with Gasteiger partial charge in [-0.05, 0) is 45.6 Å². The molecule has 0 spiro atoms. The third-order valence-corrected chi connectivity index (χ3v) is 3.31. The van der Waals surface area contributed by atoms with Crippen molar-refractivity contribution in [2.24, 2.45) is 0 Å². The van der Waals surface area contributed by atoms with Crippen molar-refractivity contribution >= 4 is 5.97 Å². The van der Waals surface area contributed by atoms with Crippen molar-refractivity contribution in [3.8, 4) is 0 Å². The van der Waals surface area contributed by atoms with Gasteiger partial charge in [0, 0.05) is 18.0 Å². The van der Waals surface area contributed by atoms with E-state index in [1.54, 1.807) is 0 Å². The highest BCUT2D eigenvalue weighted by atomic mass is 16.4. The minimum Gasteiger partial charge on any atom is -0.481 e. The van der Waals surface area contributed by atoms with E-state index in [0.29, 0.717) is 6.42 Å². The van der Waals surface area contributed by atoms with E-state index < -0.39 is 5.97 Å². The number of carbonyl (C=O) groups is 1. The van der Waals surface area contributed by atoms with Gasteiger partial charge in [0.05, 0.1) is 0 Å². The molecule has 1 unspecified atom stereocenters. The molecule has 0 aliphatic heterocycles. The molecule has 1 aromatic rings. The average Bonchev–Trinajstić information content (AvgIpc) is 2.35. The highest BCUT2D eigenvalue weighted by Gasteiger charge is 2.20. The fourth-order valence-electron chi connectivity index (χ4n) is 2.25. The standard InChI is InChI=1S/C16H25NO2/c1-13(9-10-15(18)19)17-16(2,3)12-11-14-7-5-4-6-8-14/h4-8,13,17H,9-12H2,1-3H3,(H,18,19). The summed E-state index contributed by atoms with van der Waals surface area (Å²) >= 11 is 0. The second-order valence-electron chi connectivity index (χ2n) is 5.85. The minimum atomic E-state index is -0.726. The summed E-state index contributed by atoms with van der Waals surface area (Å²) in [5, 5.41) is 12.2. The van der Waals surface area contributed by atoms with Crippen molar-refractivity contribution in [1.82, 2.24) is 5.32 Å². The van der Waals surface area contributed by atoms with Crippen molar-refractivity contribution < 1.29 is 9.90 Å². The van der Waals surface area contributed by atoms with Gasteiger partial charge in [0.1, 0.15) is 0 Å². The van der Waals surface area contributed by atoms with Crippen LogP contribution < -0.4 is 5.32 Å². The van der Waals surface area contributed by atoms with E-state index in [-0.39, 0.29) is 18.0 Å². The molecule has 0 aliphatic rings. The summed E-state index contributed by atoms with van der Waals surface area (Å²) in [5.74, 6) is -0.726. The number of benzene rings is 1. The number of hydrogen-bond donors (Lipinski definition) is 2. The van der Waals surface area contributed by atoms with Crippen LogP contribution in [0.15, 0.2) is 30.3 Å². The Labute approximate surface area is 116 Å². The van der Waals surface area contributed by atoms with Crippen LogP contribution in [0.2, 0.25) is 0 Å². The third-order valence-electron chi connectivity index (χ3n) is 3.31. The lowest BCUT2D eigenvalue weighted by Crippen LogP contribution is -2.45. The number of rotatable bonds is 8. The van der Waals surface area contributed by atoms with Gasteiger partial charge in [-0.2, -0.15) is 0 Å². The molecule has 0 heterocycles. The van der Waals surface area contributed by atoms with E-state index in [2.05, 4.69) is 43.4 Å². The molecule has 19 heavy (non-hydrogen) atoms. The zero-order valence-corrected chi connectivity index (χ0v) is 12.1. The molecule has 1 rings (SSSR count). The summed E-state index contributed by atoms with van der Waals surface area (Å²) < 4.78 is 0. The Bertz CT molecular complexity index is 387. The molecule has 3 nitrogen and oxygen atoms in total. The summed E-state index contributed by atoms with van der Waals surface area (Å²) in [6.07, 6.45) is 2.97. The zero-order chi connectivity index (χ0) is 14.3. The second kappa shape index (κ2) is 7.29. The predicted molar refractivity (Wildman–Crippen MR) is 78.3 cm³/mol. The maximum Gasteiger partial charge on any atom is 0.303 e. The van der Waals surface area contributed by atoms with Gasteiger partial charge in [0.2, 0.25) is 0 Å². The van der Waals surface area contributed by atoms with Gasteiger partial charge in [0.15, 0.2) is 0 Å². The SMILES string of the molecule is CC(CCC(=O)O)NC(C)(C)CCc1ccccc1. The first-order valence-corrected chi connectivity index (χ1v) is 6.92. The van der Waals surface area contributed by atoms with E-state index >= 15 is 0 Å². The molecule has 0 bridgehead atoms. The van der Waals surface area contributed by atoms with Crippen LogP contribution in [0.4, 0.5) is 0 Å². The van der Waals surface area contributed by atoms with Crippen molar-refractivity contribution in [1.29, 1.82) is 0 Å². The lowest BCUT2D eigenvalue weighted by Gasteiger charge is -2.30. The van der Waals surface area contributed by atoms with E-state index in [1.165, 1.54) is 5.56 Å². The van der Waals surface area contributed by atoms with Crippen molar-refractivity contribution in [3.63, 3.8) is 0 Å². The lowest BCUT2D eigenvalue weighted by molar-refractivity contribution is -0.137. The van der Waals surface area contributed by atoms with Gasteiger partial charge in [-0.1, -0.05) is 30.3 Å². The highest BCUT2D eigenvalue weighted by Crippen LogP contribution is 2.15. The summed E-state index contributed by atoms with van der Waals surface area (Å²) in [6.45, 7) is 6.40. The molecule has 2 N–H and O–H groups in total. The fraction of sp³-hybridized carbons (Fsp3) is 0.562. The molecule has 0 aliphatic carbocycles. The van der Waals surface area contributed by atoms with Crippen LogP contribution >= 0.6 is 0 Å². The second-order valence-corrected chi connectivity index (χ2v) is 5.85. The molecule has 0 aromatic heterocycles. The molecular formula is C16H25NO2. The number of hydrogen-bond acceptors (Lipinski definition) is 2. The van der Waals surface area contributed by atoms with Crippen molar-refractivity contribution in [2.45, 2.75) is 58.0 Å². The summed E-state index contributed by atoms with van der Waals surface area (Å²) in [5.41, 5.74) is 1.36. The van der Waals surface area contributed by atoms with E-state index in [1.807, 2.05) is 13.0 Å². The van der Waals surface area contributed by atoms with Crippen LogP contribution in [0, 0.1) is 0 Å². The Morgan fingerprint density at radius 1 is 1.32 bits per heavy atom. The first-order valence-electron chi connectivity index (χ1n) is 6.92. The number of carboxylic acids is 1. The maximum absolute atomic E-state index is 10.6. The lowest BCUT2D eigenvalue weighted by atomic mass is 9.94. The Balaban J connectivity index is 2.36. The predicted octanol–water partition coefficient (Wildman–Crippen LogP) is 3.24. The molecule has 0 saturated heterocycles. The van der Waals surface area contributed by atoms with Gasteiger partial charge in [-0.15, -0.1) is 0 Å². The molecular weight excluding hydrogens is 238 g/mol. The smallest absolute Gasteiger partial charge is 0.303 e. The molecule has 0 radical (unpaired) electrons. The average molecular weight is 263 g/mol. The van der Waals surface area contributed by atoms with Crippen LogP contribution in [0.1, 0.15) is 45.6 Å². The van der Waals surface area contributed by atoms with Crippen molar-refractivity contribution in [2.75, 3.05) is 0 Å². The molecule has 0 saturated carbocycles. The maximum atomic E-state index is 10.6. The van der Waals surface area contributed by atoms with Gasteiger partial charge in [-0.3, -0.25) is 4.79 Å². The molecule has 0 amide bonds. The Hall–Kier alpha value is -1.35. The highest BCUT2D eigenvalue weighted by molar-refractivity contribution is 5.66. The number of nitrogens with one attached hydrogen (secondary N) is 1. The number of aliphatic carboxylic acids is 1. The quantitative estimate of drug-likeness (QED) is 0.757. The first-order chi connectivity index (χ1) is 8.89. The van der Waals surface area contributed by atoms with E-state index in [9.17, 15) is 4.79 Å². The fourth-order valence-corrected chi connectivity index (χ4v) is 2.25. The summed E-state index contributed by atoms with van der Waals surface area (Å²) in [6, 6.07) is 10.7. The molecule has 106 valence electrons. The van der Waals surface area contributed by atoms with E-state index in [0.717, 1.165) is 12.8 Å². The summed E-state index contributed by atoms with van der Waals surface area (Å²) in [4.78, 5) is 10.6. The molecule has 1 atom stereocenters. The molecule has 1 aromatic carbocycles. The van der Waals surface area contributed by atoms with Crippen LogP contribution in [0.5, 0.6) is 0 Å².